The fraction of sp³-hybridized carbons (Fsp3) is 0.138. The van der Waals surface area contributed by atoms with Gasteiger partial charge in [-0.3, -0.25) is 14.8 Å². The maximum atomic E-state index is 13.0. The number of halogens is 3. The molecule has 1 aliphatic heterocycles. The zero-order valence-electron chi connectivity index (χ0n) is 19.9. The smallest absolute Gasteiger partial charge is 0.322 e. The normalized spacial score (nSPS) is 15.1. The Morgan fingerprint density at radius 1 is 0.946 bits per heavy atom. The average Bonchev–Trinajstić information content (AvgIpc) is 3.40. The van der Waals surface area contributed by atoms with Gasteiger partial charge < -0.3 is 5.32 Å². The molecule has 5 rings (SSSR count). The Kier molecular flexibility index (Phi) is 6.48. The van der Waals surface area contributed by atoms with Gasteiger partial charge >= 0.3 is 6.18 Å². The van der Waals surface area contributed by atoms with E-state index in [0.29, 0.717) is 12.2 Å². The Morgan fingerprint density at radius 2 is 1.76 bits per heavy atom. The molecule has 186 valence electrons. The highest BCUT2D eigenvalue weighted by molar-refractivity contribution is 6.04. The van der Waals surface area contributed by atoms with Crippen LogP contribution in [0.4, 0.5) is 24.5 Å². The third kappa shape index (κ3) is 5.38. The van der Waals surface area contributed by atoms with Crippen molar-refractivity contribution in [3.05, 3.63) is 114 Å². The molecule has 1 amide bonds. The maximum absolute atomic E-state index is 13.0. The molecule has 0 radical (unpaired) electrons. The first-order chi connectivity index (χ1) is 17.8. The molecular formula is C29H23F3N4O. The maximum Gasteiger partial charge on any atom is 0.416 e. The molecule has 1 atom stereocenters. The lowest BCUT2D eigenvalue weighted by atomic mass is 9.98. The van der Waals surface area contributed by atoms with E-state index in [1.165, 1.54) is 12.1 Å². The van der Waals surface area contributed by atoms with Crippen molar-refractivity contribution in [1.29, 1.82) is 0 Å². The summed E-state index contributed by atoms with van der Waals surface area (Å²) in [6.07, 6.45) is 1.03. The molecule has 0 spiro atoms. The van der Waals surface area contributed by atoms with Gasteiger partial charge in [-0.2, -0.15) is 18.3 Å². The number of pyridine rings is 1. The van der Waals surface area contributed by atoms with E-state index in [-0.39, 0.29) is 11.5 Å². The quantitative estimate of drug-likeness (QED) is 0.324. The number of nitrogens with one attached hydrogen (secondary N) is 1. The summed E-state index contributed by atoms with van der Waals surface area (Å²) in [5.74, 6) is -0.591. The molecule has 0 saturated heterocycles. The van der Waals surface area contributed by atoms with Crippen LogP contribution in [0.2, 0.25) is 0 Å². The summed E-state index contributed by atoms with van der Waals surface area (Å²) in [6.45, 7) is 2.53. The fourth-order valence-electron chi connectivity index (χ4n) is 4.25. The van der Waals surface area contributed by atoms with Crippen LogP contribution >= 0.6 is 0 Å². The predicted octanol–water partition coefficient (Wildman–Crippen LogP) is 6.92. The summed E-state index contributed by atoms with van der Waals surface area (Å²) < 4.78 is 39.1. The van der Waals surface area contributed by atoms with E-state index in [9.17, 15) is 18.0 Å². The predicted molar refractivity (Wildman–Crippen MR) is 139 cm³/mol. The molecule has 4 aromatic rings. The molecule has 8 heteroatoms. The SMILES string of the molecule is Cc1ccc(NC(=O)c2cccc(C(F)(F)F)c2)cc1N1CC(c2cncc(-c3ccccc3)c2)C=N1. The van der Waals surface area contributed by atoms with Gasteiger partial charge in [-0.05, 0) is 60.0 Å². The number of carbonyl (C=O) groups is 1. The van der Waals surface area contributed by atoms with Crippen LogP contribution in [0, 0.1) is 6.92 Å². The lowest BCUT2D eigenvalue weighted by molar-refractivity contribution is -0.137. The Labute approximate surface area is 212 Å². The minimum absolute atomic E-state index is 0.0268. The first-order valence-corrected chi connectivity index (χ1v) is 11.7. The van der Waals surface area contributed by atoms with Crippen LogP contribution < -0.4 is 10.3 Å². The van der Waals surface area contributed by atoms with Crippen molar-refractivity contribution in [3.8, 4) is 11.1 Å². The highest BCUT2D eigenvalue weighted by Gasteiger charge is 2.31. The molecule has 0 aliphatic carbocycles. The van der Waals surface area contributed by atoms with E-state index < -0.39 is 17.6 Å². The molecule has 37 heavy (non-hydrogen) atoms. The molecule has 0 bridgehead atoms. The molecule has 1 aromatic heterocycles. The number of anilines is 2. The van der Waals surface area contributed by atoms with Crippen LogP contribution in [-0.2, 0) is 6.18 Å². The Balaban J connectivity index is 1.32. The largest absolute Gasteiger partial charge is 0.416 e. The number of alkyl halides is 3. The standard InChI is InChI=1S/C29H23F3N4O/c1-19-10-11-26(35-28(37)21-8-5-9-25(13-21)29(30,31)32)14-27(19)36-18-24(17-34-36)23-12-22(15-33-16-23)20-6-3-2-4-7-20/h2-17,24H,18H2,1H3,(H,35,37). The van der Waals surface area contributed by atoms with Gasteiger partial charge in [0.05, 0.1) is 17.8 Å². The lowest BCUT2D eigenvalue weighted by Gasteiger charge is -2.20. The third-order valence-electron chi connectivity index (χ3n) is 6.25. The number of amides is 1. The Morgan fingerprint density at radius 3 is 2.54 bits per heavy atom. The molecule has 5 nitrogen and oxygen atoms in total. The number of hydrogen-bond donors (Lipinski definition) is 1. The zero-order valence-corrected chi connectivity index (χ0v) is 19.9. The lowest BCUT2D eigenvalue weighted by Crippen LogP contribution is -2.18. The third-order valence-corrected chi connectivity index (χ3v) is 6.25. The average molecular weight is 501 g/mol. The van der Waals surface area contributed by atoms with Gasteiger partial charge in [-0.25, -0.2) is 0 Å². The number of hydrogen-bond acceptors (Lipinski definition) is 4. The van der Waals surface area contributed by atoms with E-state index >= 15 is 0 Å². The van der Waals surface area contributed by atoms with Crippen LogP contribution in [0.1, 0.15) is 33.0 Å². The van der Waals surface area contributed by atoms with Crippen molar-refractivity contribution in [2.75, 3.05) is 16.9 Å². The van der Waals surface area contributed by atoms with Gasteiger partial charge in [0.2, 0.25) is 0 Å². The van der Waals surface area contributed by atoms with Gasteiger partial charge in [0.15, 0.2) is 0 Å². The summed E-state index contributed by atoms with van der Waals surface area (Å²) in [4.78, 5) is 17.1. The number of benzene rings is 3. The minimum Gasteiger partial charge on any atom is -0.322 e. The summed E-state index contributed by atoms with van der Waals surface area (Å²) in [6, 6.07) is 21.8. The van der Waals surface area contributed by atoms with Crippen molar-refractivity contribution < 1.29 is 18.0 Å². The van der Waals surface area contributed by atoms with E-state index in [2.05, 4.69) is 21.5 Å². The molecule has 0 fully saturated rings. The number of rotatable bonds is 5. The Hall–Kier alpha value is -4.46. The second-order valence-electron chi connectivity index (χ2n) is 8.86. The van der Waals surface area contributed by atoms with Crippen LogP contribution in [0.25, 0.3) is 11.1 Å². The van der Waals surface area contributed by atoms with E-state index in [0.717, 1.165) is 40.1 Å². The van der Waals surface area contributed by atoms with Gasteiger partial charge in [0, 0.05) is 41.3 Å². The van der Waals surface area contributed by atoms with Crippen molar-refractivity contribution in [1.82, 2.24) is 4.98 Å². The van der Waals surface area contributed by atoms with Crippen LogP contribution in [0.5, 0.6) is 0 Å². The molecule has 3 aromatic carbocycles. The summed E-state index contributed by atoms with van der Waals surface area (Å²) in [5.41, 5.74) is 4.44. The van der Waals surface area contributed by atoms with E-state index in [1.807, 2.05) is 66.9 Å². The van der Waals surface area contributed by atoms with Gasteiger partial charge in [0.25, 0.3) is 5.91 Å². The zero-order chi connectivity index (χ0) is 26.0. The van der Waals surface area contributed by atoms with E-state index in [4.69, 9.17) is 0 Å². The van der Waals surface area contributed by atoms with Crippen molar-refractivity contribution >= 4 is 23.5 Å². The van der Waals surface area contributed by atoms with Crippen molar-refractivity contribution in [3.63, 3.8) is 0 Å². The number of carbonyl (C=O) groups excluding carboxylic acids is 1. The number of aryl methyl sites for hydroxylation is 1. The van der Waals surface area contributed by atoms with Crippen LogP contribution in [0.3, 0.4) is 0 Å². The highest BCUT2D eigenvalue weighted by Crippen LogP contribution is 2.32. The monoisotopic (exact) mass is 500 g/mol. The van der Waals surface area contributed by atoms with E-state index in [1.54, 1.807) is 12.1 Å². The van der Waals surface area contributed by atoms with Crippen molar-refractivity contribution in [2.45, 2.75) is 19.0 Å². The van der Waals surface area contributed by atoms with Crippen molar-refractivity contribution in [2.24, 2.45) is 5.10 Å². The summed E-state index contributed by atoms with van der Waals surface area (Å²) >= 11 is 0. The molecule has 1 aliphatic rings. The first-order valence-electron chi connectivity index (χ1n) is 11.7. The number of aromatic nitrogens is 1. The van der Waals surface area contributed by atoms with Gasteiger partial charge in [0.1, 0.15) is 0 Å². The molecule has 0 saturated carbocycles. The van der Waals surface area contributed by atoms with Crippen LogP contribution in [-0.4, -0.2) is 23.7 Å². The topological polar surface area (TPSA) is 57.6 Å². The second-order valence-corrected chi connectivity index (χ2v) is 8.86. The van der Waals surface area contributed by atoms with Gasteiger partial charge in [-0.1, -0.05) is 42.5 Å². The highest BCUT2D eigenvalue weighted by atomic mass is 19.4. The molecule has 2 heterocycles. The first kappa shape index (κ1) is 24.2. The Bertz CT molecular complexity index is 1470. The summed E-state index contributed by atoms with van der Waals surface area (Å²) in [5, 5.41) is 9.14. The molecule has 1 unspecified atom stereocenters. The summed E-state index contributed by atoms with van der Waals surface area (Å²) in [7, 11) is 0. The van der Waals surface area contributed by atoms with Crippen LogP contribution in [0.15, 0.2) is 96.4 Å². The second kappa shape index (κ2) is 9.89. The number of nitrogens with zero attached hydrogens (tertiary/aromatic N) is 3. The molecule has 1 N–H and O–H groups in total. The van der Waals surface area contributed by atoms with Gasteiger partial charge in [-0.15, -0.1) is 0 Å². The minimum atomic E-state index is -4.52. The number of hydrazone groups is 1. The fourth-order valence-corrected chi connectivity index (χ4v) is 4.25. The molecular weight excluding hydrogens is 477 g/mol.